The molecule has 0 spiro atoms. The Balaban J connectivity index is 1.21. The summed E-state index contributed by atoms with van der Waals surface area (Å²) >= 11 is 0. The number of halogens is 3. The third-order valence-corrected chi connectivity index (χ3v) is 8.34. The van der Waals surface area contributed by atoms with Crippen LogP contribution in [0.1, 0.15) is 41.5 Å². The van der Waals surface area contributed by atoms with Crippen LogP contribution in [-0.2, 0) is 21.4 Å². The van der Waals surface area contributed by atoms with Crippen LogP contribution in [0.5, 0.6) is 0 Å². The molecule has 0 radical (unpaired) electrons. The molecule has 0 unspecified atom stereocenters. The van der Waals surface area contributed by atoms with Gasteiger partial charge in [-0.3, -0.25) is 14.5 Å². The van der Waals surface area contributed by atoms with Gasteiger partial charge in [-0.05, 0) is 54.1 Å². The fourth-order valence-corrected chi connectivity index (χ4v) is 6.34. The van der Waals surface area contributed by atoms with Crippen molar-refractivity contribution in [1.82, 2.24) is 15.1 Å². The molecule has 1 fully saturated rings. The molecule has 0 aromatic heterocycles. The van der Waals surface area contributed by atoms with E-state index in [0.29, 0.717) is 32.4 Å². The Hall–Kier alpha value is -3.65. The highest BCUT2D eigenvalue weighted by Gasteiger charge is 2.49. The first-order valence-electron chi connectivity index (χ1n) is 14.3. The molecule has 3 aromatic carbocycles. The first kappa shape index (κ1) is 28.9. The smallest absolute Gasteiger partial charge is 0.346 e. The minimum absolute atomic E-state index is 0.139. The van der Waals surface area contributed by atoms with Crippen LogP contribution in [0, 0.1) is 6.92 Å². The molecule has 1 saturated heterocycles. The van der Waals surface area contributed by atoms with Gasteiger partial charge in [-0.25, -0.2) is 0 Å². The Morgan fingerprint density at radius 1 is 0.854 bits per heavy atom. The molecular formula is C33H36F3N3O2. The summed E-state index contributed by atoms with van der Waals surface area (Å²) in [4.78, 5) is 30.7. The Morgan fingerprint density at radius 3 is 2.10 bits per heavy atom. The van der Waals surface area contributed by atoms with Crippen LogP contribution in [0.2, 0.25) is 0 Å². The van der Waals surface area contributed by atoms with E-state index in [1.807, 2.05) is 84.6 Å². The number of nitrogens with zero attached hydrogens (tertiary/aromatic N) is 2. The summed E-state index contributed by atoms with van der Waals surface area (Å²) in [5.41, 5.74) is 4.33. The van der Waals surface area contributed by atoms with Gasteiger partial charge in [0.05, 0.1) is 6.42 Å². The number of benzene rings is 3. The van der Waals surface area contributed by atoms with Crippen molar-refractivity contribution in [2.45, 2.75) is 44.2 Å². The number of nitrogens with one attached hydrogen (secondary N) is 1. The number of carbonyl (C=O) groups is 2. The molecule has 1 heterocycles. The lowest BCUT2D eigenvalue weighted by atomic mass is 9.73. The number of unbranched alkanes of at least 4 members (excludes halogenated alkanes) is 1. The van der Waals surface area contributed by atoms with E-state index in [-0.39, 0.29) is 5.91 Å². The predicted molar refractivity (Wildman–Crippen MR) is 153 cm³/mol. The van der Waals surface area contributed by atoms with E-state index in [2.05, 4.69) is 10.2 Å². The second-order valence-corrected chi connectivity index (χ2v) is 11.1. The van der Waals surface area contributed by atoms with Crippen molar-refractivity contribution in [2.24, 2.45) is 0 Å². The van der Waals surface area contributed by atoms with Gasteiger partial charge in [0.15, 0.2) is 0 Å². The fourth-order valence-electron chi connectivity index (χ4n) is 6.34. The number of rotatable bonds is 9. The van der Waals surface area contributed by atoms with Crippen molar-refractivity contribution in [3.63, 3.8) is 0 Å². The molecule has 2 aliphatic rings. The normalized spacial score (nSPS) is 16.2. The molecule has 1 aliphatic heterocycles. The Labute approximate surface area is 239 Å². The molecule has 2 amide bonds. The number of hydrogen-bond acceptors (Lipinski definition) is 3. The standard InChI is InChI=1S/C33H36F3N3O2/c1-24-9-8-10-25(21-24)22-30(40)39-19-17-38(18-20-39)16-7-6-15-32(31(41)37-23-33(34,35)36)28-13-4-2-11-26(28)27-12-3-5-14-29(27)32/h2-5,8-14,21H,6-7,15-20,22-23H2,1H3,(H,37,41). The molecule has 41 heavy (non-hydrogen) atoms. The van der Waals surface area contributed by atoms with Crippen LogP contribution in [0.15, 0.2) is 72.8 Å². The maximum atomic E-state index is 13.6. The van der Waals surface area contributed by atoms with Crippen molar-refractivity contribution < 1.29 is 22.8 Å². The largest absolute Gasteiger partial charge is 0.405 e. The summed E-state index contributed by atoms with van der Waals surface area (Å²) in [6, 6.07) is 23.1. The van der Waals surface area contributed by atoms with Crippen molar-refractivity contribution in [1.29, 1.82) is 0 Å². The van der Waals surface area contributed by atoms with E-state index >= 15 is 0 Å². The van der Waals surface area contributed by atoms with Crippen LogP contribution in [0.4, 0.5) is 13.2 Å². The van der Waals surface area contributed by atoms with Crippen LogP contribution in [-0.4, -0.2) is 67.1 Å². The Kier molecular flexibility index (Phi) is 8.50. The lowest BCUT2D eigenvalue weighted by Gasteiger charge is -2.35. The van der Waals surface area contributed by atoms with Crippen LogP contribution >= 0.6 is 0 Å². The molecule has 5 nitrogen and oxygen atoms in total. The summed E-state index contributed by atoms with van der Waals surface area (Å²) in [5.74, 6) is -0.464. The lowest BCUT2D eigenvalue weighted by molar-refractivity contribution is -0.141. The minimum Gasteiger partial charge on any atom is -0.346 e. The number of aryl methyl sites for hydroxylation is 1. The highest BCUT2D eigenvalue weighted by Crippen LogP contribution is 2.51. The zero-order valence-electron chi connectivity index (χ0n) is 23.3. The topological polar surface area (TPSA) is 52.7 Å². The SMILES string of the molecule is Cc1cccc(CC(=O)N2CCN(CCCCC3(C(=O)NCC(F)(F)F)c4ccccc4-c4ccccc43)CC2)c1. The zero-order chi connectivity index (χ0) is 29.0. The molecular weight excluding hydrogens is 527 g/mol. The van der Waals surface area contributed by atoms with Crippen molar-refractivity contribution in [3.8, 4) is 11.1 Å². The molecule has 0 saturated carbocycles. The highest BCUT2D eigenvalue weighted by molar-refractivity contribution is 6.00. The van der Waals surface area contributed by atoms with Crippen LogP contribution in [0.3, 0.4) is 0 Å². The highest BCUT2D eigenvalue weighted by atomic mass is 19.4. The molecule has 0 atom stereocenters. The summed E-state index contributed by atoms with van der Waals surface area (Å²) in [5, 5.41) is 2.20. The van der Waals surface area contributed by atoms with E-state index < -0.39 is 24.0 Å². The van der Waals surface area contributed by atoms with Gasteiger partial charge in [0, 0.05) is 26.2 Å². The number of fused-ring (bicyclic) bond motifs is 3. The second-order valence-electron chi connectivity index (χ2n) is 11.1. The number of piperazine rings is 1. The van der Waals surface area contributed by atoms with E-state index in [4.69, 9.17) is 0 Å². The summed E-state index contributed by atoms with van der Waals surface area (Å²) < 4.78 is 39.3. The number of carbonyl (C=O) groups excluding carboxylic acids is 2. The molecule has 216 valence electrons. The van der Waals surface area contributed by atoms with Gasteiger partial charge in [0.1, 0.15) is 12.0 Å². The summed E-state index contributed by atoms with van der Waals surface area (Å²) in [6.07, 6.45) is -2.19. The zero-order valence-corrected chi connectivity index (χ0v) is 23.3. The fraction of sp³-hybridized carbons (Fsp3) is 0.394. The first-order chi connectivity index (χ1) is 19.7. The Bertz CT molecular complexity index is 1350. The van der Waals surface area contributed by atoms with Gasteiger partial charge in [-0.1, -0.05) is 84.8 Å². The maximum absolute atomic E-state index is 13.6. The van der Waals surface area contributed by atoms with Gasteiger partial charge in [-0.15, -0.1) is 0 Å². The average Bonchev–Trinajstić information content (AvgIpc) is 3.25. The molecule has 1 aliphatic carbocycles. The maximum Gasteiger partial charge on any atom is 0.405 e. The third kappa shape index (κ3) is 6.32. The van der Waals surface area contributed by atoms with E-state index in [9.17, 15) is 22.8 Å². The monoisotopic (exact) mass is 563 g/mol. The quantitative estimate of drug-likeness (QED) is 0.350. The molecule has 1 N–H and O–H groups in total. The van der Waals surface area contributed by atoms with E-state index in [1.165, 1.54) is 0 Å². The summed E-state index contributed by atoms with van der Waals surface area (Å²) in [7, 11) is 0. The number of hydrogen-bond donors (Lipinski definition) is 1. The van der Waals surface area contributed by atoms with Crippen LogP contribution in [0.25, 0.3) is 11.1 Å². The number of alkyl halides is 3. The van der Waals surface area contributed by atoms with Crippen molar-refractivity contribution in [2.75, 3.05) is 39.3 Å². The van der Waals surface area contributed by atoms with Gasteiger partial charge in [-0.2, -0.15) is 13.2 Å². The molecule has 8 heteroatoms. The van der Waals surface area contributed by atoms with Gasteiger partial charge in [0.2, 0.25) is 11.8 Å². The second kappa shape index (κ2) is 12.1. The first-order valence-corrected chi connectivity index (χ1v) is 14.3. The molecule has 3 aromatic rings. The van der Waals surface area contributed by atoms with Crippen molar-refractivity contribution in [3.05, 3.63) is 95.1 Å². The van der Waals surface area contributed by atoms with Gasteiger partial charge >= 0.3 is 6.18 Å². The van der Waals surface area contributed by atoms with E-state index in [1.54, 1.807) is 0 Å². The predicted octanol–water partition coefficient (Wildman–Crippen LogP) is 5.50. The number of amides is 2. The molecule has 0 bridgehead atoms. The molecule has 5 rings (SSSR count). The lowest BCUT2D eigenvalue weighted by Crippen LogP contribution is -2.49. The van der Waals surface area contributed by atoms with Crippen molar-refractivity contribution >= 4 is 11.8 Å². The van der Waals surface area contributed by atoms with E-state index in [0.717, 1.165) is 59.4 Å². The van der Waals surface area contributed by atoms with Gasteiger partial charge < -0.3 is 10.2 Å². The average molecular weight is 564 g/mol. The van der Waals surface area contributed by atoms with Crippen LogP contribution < -0.4 is 5.32 Å². The van der Waals surface area contributed by atoms with Gasteiger partial charge in [0.25, 0.3) is 0 Å². The Morgan fingerprint density at radius 2 is 1.49 bits per heavy atom. The summed E-state index contributed by atoms with van der Waals surface area (Å²) in [6.45, 7) is 4.39. The minimum atomic E-state index is -4.49. The third-order valence-electron chi connectivity index (χ3n) is 8.34.